The van der Waals surface area contributed by atoms with Crippen molar-refractivity contribution >= 4 is 23.6 Å². The molecule has 0 unspecified atom stereocenters. The molecule has 1 radical (unpaired) electrons. The third kappa shape index (κ3) is 1.46. The van der Waals surface area contributed by atoms with Crippen LogP contribution in [0.3, 0.4) is 0 Å². The minimum atomic E-state index is -0.496. The maximum atomic E-state index is 10.9. The molecule has 0 saturated carbocycles. The normalized spacial score (nSPS) is 9.18. The number of hydrogen-bond donors (Lipinski definition) is 0. The van der Waals surface area contributed by atoms with Crippen molar-refractivity contribution in [2.24, 2.45) is 0 Å². The molecule has 0 fully saturated rings. The van der Waals surface area contributed by atoms with Crippen LogP contribution >= 0.6 is 11.3 Å². The molecule has 1 aromatic rings. The van der Waals surface area contributed by atoms with Gasteiger partial charge in [0.1, 0.15) is 0 Å². The second-order valence-electron chi connectivity index (χ2n) is 1.76. The molecule has 0 atom stereocenters. The van der Waals surface area contributed by atoms with Crippen molar-refractivity contribution in [2.45, 2.75) is 0 Å². The number of thiophene rings is 1. The van der Waals surface area contributed by atoms with Gasteiger partial charge in [-0.3, -0.25) is 4.79 Å². The highest BCUT2D eigenvalue weighted by molar-refractivity contribution is 7.12. The Balaban J connectivity index is 3.01. The van der Waals surface area contributed by atoms with Crippen molar-refractivity contribution in [1.82, 2.24) is 0 Å². The van der Waals surface area contributed by atoms with E-state index in [4.69, 9.17) is 0 Å². The van der Waals surface area contributed by atoms with E-state index in [2.05, 4.69) is 4.74 Å². The van der Waals surface area contributed by atoms with Crippen LogP contribution in [0.15, 0.2) is 11.4 Å². The molecule has 0 aliphatic carbocycles. The molecule has 1 aromatic heterocycles. The van der Waals surface area contributed by atoms with Gasteiger partial charge >= 0.3 is 5.97 Å². The van der Waals surface area contributed by atoms with Crippen LogP contribution in [-0.4, -0.2) is 19.4 Å². The van der Waals surface area contributed by atoms with E-state index >= 15 is 0 Å². The fourth-order valence-corrected chi connectivity index (χ4v) is 1.33. The molecule has 0 aliphatic heterocycles. The number of ether oxygens (including phenoxy) is 1. The first-order chi connectivity index (χ1) is 5.29. The van der Waals surface area contributed by atoms with Gasteiger partial charge in [-0.25, -0.2) is 4.79 Å². The number of carbonyl (C=O) groups is 1. The first kappa shape index (κ1) is 7.94. The van der Waals surface area contributed by atoms with Crippen LogP contribution in [0.2, 0.25) is 0 Å². The first-order valence-corrected chi connectivity index (χ1v) is 3.71. The lowest BCUT2D eigenvalue weighted by Gasteiger charge is -1.93. The maximum Gasteiger partial charge on any atom is 0.339 e. The van der Waals surface area contributed by atoms with Crippen LogP contribution in [-0.2, 0) is 9.53 Å². The molecule has 4 heteroatoms. The standard InChI is InChI=1S/C7H5O3S/c1-10-7(9)5-2-3-11-6(5)4-8/h2-3H,1H3. The molecule has 57 valence electrons. The Bertz CT molecular complexity index is 277. The molecule has 1 rings (SSSR count). The van der Waals surface area contributed by atoms with Crippen LogP contribution in [0, 0.1) is 0 Å². The van der Waals surface area contributed by atoms with Crippen molar-refractivity contribution in [1.29, 1.82) is 0 Å². The number of esters is 1. The van der Waals surface area contributed by atoms with Gasteiger partial charge in [0.25, 0.3) is 0 Å². The summed E-state index contributed by atoms with van der Waals surface area (Å²) in [6, 6.07) is 1.54. The monoisotopic (exact) mass is 169 g/mol. The maximum absolute atomic E-state index is 10.9. The summed E-state index contributed by atoms with van der Waals surface area (Å²) in [5, 5.41) is 1.65. The van der Waals surface area contributed by atoms with E-state index in [1.165, 1.54) is 24.5 Å². The zero-order valence-electron chi connectivity index (χ0n) is 5.79. The van der Waals surface area contributed by atoms with Gasteiger partial charge in [0.05, 0.1) is 17.6 Å². The quantitative estimate of drug-likeness (QED) is 0.620. The Morgan fingerprint density at radius 3 is 3.00 bits per heavy atom. The molecule has 11 heavy (non-hydrogen) atoms. The van der Waals surface area contributed by atoms with E-state index < -0.39 is 5.97 Å². The lowest BCUT2D eigenvalue weighted by atomic mass is 10.3. The van der Waals surface area contributed by atoms with Crippen LogP contribution < -0.4 is 0 Å². The summed E-state index contributed by atoms with van der Waals surface area (Å²) in [7, 11) is 1.27. The van der Waals surface area contributed by atoms with Gasteiger partial charge in [0.2, 0.25) is 6.29 Å². The molecule has 0 spiro atoms. The highest BCUT2D eigenvalue weighted by Crippen LogP contribution is 2.14. The third-order valence-electron chi connectivity index (χ3n) is 1.16. The van der Waals surface area contributed by atoms with Gasteiger partial charge in [-0.05, 0) is 11.4 Å². The molecule has 0 bridgehead atoms. The minimum Gasteiger partial charge on any atom is -0.465 e. The lowest BCUT2D eigenvalue weighted by molar-refractivity contribution is 0.0601. The lowest BCUT2D eigenvalue weighted by Crippen LogP contribution is -2.01. The zero-order valence-corrected chi connectivity index (χ0v) is 6.60. The van der Waals surface area contributed by atoms with Crippen molar-refractivity contribution < 1.29 is 14.3 Å². The number of methoxy groups -OCH3 is 1. The van der Waals surface area contributed by atoms with Crippen LogP contribution in [0.25, 0.3) is 0 Å². The molecule has 0 saturated heterocycles. The molecule has 0 N–H and O–H groups in total. The smallest absolute Gasteiger partial charge is 0.339 e. The van der Waals surface area contributed by atoms with Gasteiger partial charge in [-0.15, -0.1) is 11.3 Å². The molecule has 1 heterocycles. The number of hydrogen-bond acceptors (Lipinski definition) is 4. The van der Waals surface area contributed by atoms with Gasteiger partial charge in [-0.1, -0.05) is 0 Å². The van der Waals surface area contributed by atoms with Crippen molar-refractivity contribution in [2.75, 3.05) is 7.11 Å². The molecular formula is C7H5O3S. The predicted octanol–water partition coefficient (Wildman–Crippen LogP) is 0.993. The number of rotatable bonds is 2. The highest BCUT2D eigenvalue weighted by atomic mass is 32.1. The predicted molar refractivity (Wildman–Crippen MR) is 40.5 cm³/mol. The third-order valence-corrected chi connectivity index (χ3v) is 1.97. The van der Waals surface area contributed by atoms with Crippen LogP contribution in [0.1, 0.15) is 15.2 Å². The molecule has 0 amide bonds. The Kier molecular flexibility index (Phi) is 2.38. The van der Waals surface area contributed by atoms with Crippen molar-refractivity contribution in [3.8, 4) is 0 Å². The fraction of sp³-hybridized carbons (Fsp3) is 0.143. The largest absolute Gasteiger partial charge is 0.465 e. The summed E-state index contributed by atoms with van der Waals surface area (Å²) in [6.45, 7) is 0. The Labute approximate surface area is 67.6 Å². The zero-order chi connectivity index (χ0) is 8.27. The summed E-state index contributed by atoms with van der Waals surface area (Å²) >= 11 is 1.17. The van der Waals surface area contributed by atoms with Gasteiger partial charge < -0.3 is 4.74 Å². The van der Waals surface area contributed by atoms with Gasteiger partial charge in [0, 0.05) is 0 Å². The fourth-order valence-electron chi connectivity index (χ4n) is 0.659. The van der Waals surface area contributed by atoms with Gasteiger partial charge in [0.15, 0.2) is 0 Å². The summed E-state index contributed by atoms with van der Waals surface area (Å²) < 4.78 is 4.43. The van der Waals surface area contributed by atoms with E-state index in [0.717, 1.165) is 0 Å². The SMILES string of the molecule is COC(=O)c1ccsc1[C]=O. The van der Waals surface area contributed by atoms with Crippen LogP contribution in [0.5, 0.6) is 0 Å². The summed E-state index contributed by atoms with van der Waals surface area (Å²) in [4.78, 5) is 21.3. The number of carbonyl (C=O) groups excluding carboxylic acids is 2. The average Bonchev–Trinajstić information content (AvgIpc) is 2.50. The second kappa shape index (κ2) is 3.30. The van der Waals surface area contributed by atoms with Crippen molar-refractivity contribution in [3.63, 3.8) is 0 Å². The molecule has 0 aromatic carbocycles. The molecule has 0 aliphatic rings. The van der Waals surface area contributed by atoms with E-state index in [1.807, 2.05) is 0 Å². The summed E-state index contributed by atoms with van der Waals surface area (Å²) in [5.41, 5.74) is 0.285. The molecular weight excluding hydrogens is 164 g/mol. The Morgan fingerprint density at radius 2 is 2.45 bits per heavy atom. The minimum absolute atomic E-state index is 0.285. The van der Waals surface area contributed by atoms with E-state index in [9.17, 15) is 9.59 Å². The Morgan fingerprint density at radius 1 is 1.73 bits per heavy atom. The average molecular weight is 169 g/mol. The highest BCUT2D eigenvalue weighted by Gasteiger charge is 2.12. The summed E-state index contributed by atoms with van der Waals surface area (Å²) in [5.74, 6) is -0.496. The molecule has 3 nitrogen and oxygen atoms in total. The second-order valence-corrected chi connectivity index (χ2v) is 2.67. The topological polar surface area (TPSA) is 43.4 Å². The van der Waals surface area contributed by atoms with Gasteiger partial charge in [-0.2, -0.15) is 0 Å². The van der Waals surface area contributed by atoms with E-state index in [0.29, 0.717) is 0 Å². The van der Waals surface area contributed by atoms with E-state index in [-0.39, 0.29) is 10.4 Å². The summed E-state index contributed by atoms with van der Waals surface area (Å²) in [6.07, 6.45) is 1.66. The van der Waals surface area contributed by atoms with Crippen LogP contribution in [0.4, 0.5) is 0 Å². The Hall–Kier alpha value is -1.16. The van der Waals surface area contributed by atoms with Crippen molar-refractivity contribution in [3.05, 3.63) is 21.9 Å². The first-order valence-electron chi connectivity index (χ1n) is 2.83. The van der Waals surface area contributed by atoms with E-state index in [1.54, 1.807) is 11.7 Å².